The molecule has 0 aliphatic rings. The molecule has 2 nitrogen and oxygen atoms in total. The summed E-state index contributed by atoms with van der Waals surface area (Å²) in [5.74, 6) is -1.53. The first-order chi connectivity index (χ1) is 7.25. The molecule has 16 heavy (non-hydrogen) atoms. The molecule has 0 aromatic heterocycles. The van der Waals surface area contributed by atoms with Crippen LogP contribution in [0.25, 0.3) is 0 Å². The number of phenols is 1. The number of alkyl halides is 4. The molecule has 0 radical (unpaired) electrons. The first-order valence-electron chi connectivity index (χ1n) is 4.28. The Labute approximate surface area is 94.6 Å². The number of Topliss-reactive ketones (excluding diaryl/α,β-unsaturated/α-hetero) is 1. The number of hydrogen-bond donors (Lipinski definition) is 1. The Morgan fingerprint density at radius 2 is 2.00 bits per heavy atom. The molecule has 88 valence electrons. The molecule has 0 saturated carbocycles. The number of ketones is 1. The lowest BCUT2D eigenvalue weighted by atomic mass is 10.0. The summed E-state index contributed by atoms with van der Waals surface area (Å²) in [6.07, 6.45) is -4.67. The topological polar surface area (TPSA) is 37.3 Å². The Bertz CT molecular complexity index is 415. The van der Waals surface area contributed by atoms with E-state index in [-0.39, 0.29) is 5.56 Å². The molecule has 6 heteroatoms. The van der Waals surface area contributed by atoms with Gasteiger partial charge in [-0.15, -0.1) is 11.6 Å². The predicted molar refractivity (Wildman–Crippen MR) is 52.4 cm³/mol. The van der Waals surface area contributed by atoms with Crippen molar-refractivity contribution in [3.05, 3.63) is 29.3 Å². The van der Waals surface area contributed by atoms with E-state index < -0.39 is 28.6 Å². The van der Waals surface area contributed by atoms with E-state index in [4.69, 9.17) is 11.6 Å². The molecule has 0 bridgehead atoms. The van der Waals surface area contributed by atoms with Gasteiger partial charge in [0.05, 0.1) is 5.56 Å². The highest BCUT2D eigenvalue weighted by Gasteiger charge is 2.35. The lowest BCUT2D eigenvalue weighted by Gasteiger charge is -2.14. The molecule has 0 aliphatic heterocycles. The summed E-state index contributed by atoms with van der Waals surface area (Å²) >= 11 is 5.59. The van der Waals surface area contributed by atoms with Gasteiger partial charge >= 0.3 is 6.18 Å². The van der Waals surface area contributed by atoms with E-state index in [2.05, 4.69) is 0 Å². The third-order valence-electron chi connectivity index (χ3n) is 2.00. The molecule has 0 amide bonds. The fraction of sp³-hybridized carbons (Fsp3) is 0.300. The Morgan fingerprint density at radius 1 is 1.44 bits per heavy atom. The quantitative estimate of drug-likeness (QED) is 0.820. The minimum atomic E-state index is -4.67. The van der Waals surface area contributed by atoms with Crippen LogP contribution in [0.15, 0.2) is 18.2 Å². The van der Waals surface area contributed by atoms with Crippen molar-refractivity contribution in [2.24, 2.45) is 0 Å². The molecule has 1 N–H and O–H groups in total. The largest absolute Gasteiger partial charge is 0.507 e. The third-order valence-corrected chi connectivity index (χ3v) is 2.55. The molecular weight excluding hydrogens is 245 g/mol. The molecule has 1 aromatic carbocycles. The highest BCUT2D eigenvalue weighted by atomic mass is 35.5. The van der Waals surface area contributed by atoms with Crippen molar-refractivity contribution in [2.75, 3.05) is 0 Å². The summed E-state index contributed by atoms with van der Waals surface area (Å²) in [5, 5.41) is 8.11. The number of rotatable bonds is 2. The number of carbonyl (C=O) groups is 1. The Morgan fingerprint density at radius 3 is 2.44 bits per heavy atom. The normalized spacial score (nSPS) is 13.6. The minimum absolute atomic E-state index is 0.232. The number of halogens is 4. The maximum Gasteiger partial charge on any atom is 0.419 e. The van der Waals surface area contributed by atoms with Crippen molar-refractivity contribution in [1.82, 2.24) is 0 Å². The number of hydrogen-bond acceptors (Lipinski definition) is 2. The van der Waals surface area contributed by atoms with Gasteiger partial charge in [-0.2, -0.15) is 13.2 Å². The first-order valence-corrected chi connectivity index (χ1v) is 4.72. The Hall–Kier alpha value is -1.23. The van der Waals surface area contributed by atoms with Crippen molar-refractivity contribution in [3.63, 3.8) is 0 Å². The minimum Gasteiger partial charge on any atom is -0.507 e. The zero-order chi connectivity index (χ0) is 12.5. The van der Waals surface area contributed by atoms with Crippen LogP contribution < -0.4 is 0 Å². The van der Waals surface area contributed by atoms with Crippen LogP contribution in [0.2, 0.25) is 0 Å². The van der Waals surface area contributed by atoms with Gasteiger partial charge in [0.15, 0.2) is 5.78 Å². The van der Waals surface area contributed by atoms with Crippen molar-refractivity contribution in [1.29, 1.82) is 0 Å². The van der Waals surface area contributed by atoms with Crippen LogP contribution in [0.5, 0.6) is 5.75 Å². The van der Waals surface area contributed by atoms with Gasteiger partial charge in [-0.05, 0) is 13.0 Å². The van der Waals surface area contributed by atoms with Crippen LogP contribution in [-0.4, -0.2) is 10.9 Å². The average Bonchev–Trinajstić information content (AvgIpc) is 2.15. The van der Waals surface area contributed by atoms with Gasteiger partial charge in [-0.3, -0.25) is 4.79 Å². The first kappa shape index (κ1) is 12.8. The standard InChI is InChI=1S/C10H8ClF3O2/c1-5(15)8(11)6-3-2-4-7(9(6)16)10(12,13)14/h2-4,8,16H,1H3. The van der Waals surface area contributed by atoms with E-state index in [0.717, 1.165) is 19.1 Å². The van der Waals surface area contributed by atoms with Crippen molar-refractivity contribution >= 4 is 17.4 Å². The van der Waals surface area contributed by atoms with E-state index in [9.17, 15) is 23.1 Å². The molecule has 0 aliphatic carbocycles. The van der Waals surface area contributed by atoms with E-state index in [1.165, 1.54) is 6.07 Å². The molecule has 0 fully saturated rings. The van der Waals surface area contributed by atoms with Crippen LogP contribution in [0, 0.1) is 0 Å². The molecule has 0 spiro atoms. The lowest BCUT2D eigenvalue weighted by molar-refractivity contribution is -0.139. The van der Waals surface area contributed by atoms with Crippen LogP contribution in [-0.2, 0) is 11.0 Å². The summed E-state index contributed by atoms with van der Waals surface area (Å²) in [6.45, 7) is 1.14. The summed E-state index contributed by atoms with van der Waals surface area (Å²) in [5.41, 5.74) is -1.43. The number of para-hydroxylation sites is 1. The fourth-order valence-electron chi connectivity index (χ4n) is 1.21. The summed E-state index contributed by atoms with van der Waals surface area (Å²) in [6, 6.07) is 3.00. The van der Waals surface area contributed by atoms with E-state index >= 15 is 0 Å². The smallest absolute Gasteiger partial charge is 0.419 e. The molecule has 1 aromatic rings. The van der Waals surface area contributed by atoms with Crippen LogP contribution in [0.3, 0.4) is 0 Å². The predicted octanol–water partition coefficient (Wildman–Crippen LogP) is 3.28. The molecule has 0 saturated heterocycles. The lowest BCUT2D eigenvalue weighted by Crippen LogP contribution is -2.09. The maximum atomic E-state index is 12.4. The Kier molecular flexibility index (Phi) is 3.48. The Balaban J connectivity index is 3.30. The molecule has 1 atom stereocenters. The molecular formula is C10H8ClF3O2. The average molecular weight is 253 g/mol. The van der Waals surface area contributed by atoms with E-state index in [1.807, 2.05) is 0 Å². The third kappa shape index (κ3) is 2.47. The highest BCUT2D eigenvalue weighted by Crippen LogP contribution is 2.40. The van der Waals surface area contributed by atoms with Crippen LogP contribution in [0.1, 0.15) is 23.4 Å². The summed E-state index contributed by atoms with van der Waals surface area (Å²) in [7, 11) is 0. The number of carbonyl (C=O) groups excluding carboxylic acids is 1. The monoisotopic (exact) mass is 252 g/mol. The zero-order valence-corrected chi connectivity index (χ0v) is 8.93. The second kappa shape index (κ2) is 4.33. The van der Waals surface area contributed by atoms with Crippen molar-refractivity contribution in [3.8, 4) is 5.75 Å². The van der Waals surface area contributed by atoms with E-state index in [1.54, 1.807) is 0 Å². The molecule has 1 unspecified atom stereocenters. The van der Waals surface area contributed by atoms with Gasteiger partial charge in [0.25, 0.3) is 0 Å². The van der Waals surface area contributed by atoms with E-state index in [0.29, 0.717) is 0 Å². The second-order valence-corrected chi connectivity index (χ2v) is 3.65. The second-order valence-electron chi connectivity index (χ2n) is 3.21. The SMILES string of the molecule is CC(=O)C(Cl)c1cccc(C(F)(F)F)c1O. The number of aromatic hydroxyl groups is 1. The van der Waals surface area contributed by atoms with Gasteiger partial charge in [0, 0.05) is 5.56 Å². The van der Waals surface area contributed by atoms with Crippen LogP contribution in [0.4, 0.5) is 13.2 Å². The highest BCUT2D eigenvalue weighted by molar-refractivity contribution is 6.31. The van der Waals surface area contributed by atoms with Gasteiger partial charge in [0.1, 0.15) is 11.1 Å². The van der Waals surface area contributed by atoms with Gasteiger partial charge in [-0.25, -0.2) is 0 Å². The van der Waals surface area contributed by atoms with Crippen LogP contribution >= 0.6 is 11.6 Å². The van der Waals surface area contributed by atoms with Gasteiger partial charge in [0.2, 0.25) is 0 Å². The van der Waals surface area contributed by atoms with Gasteiger partial charge in [-0.1, -0.05) is 12.1 Å². The van der Waals surface area contributed by atoms with Gasteiger partial charge < -0.3 is 5.11 Å². The zero-order valence-electron chi connectivity index (χ0n) is 8.18. The number of benzene rings is 1. The van der Waals surface area contributed by atoms with Crippen molar-refractivity contribution in [2.45, 2.75) is 18.5 Å². The molecule has 1 rings (SSSR count). The summed E-state index contributed by atoms with van der Waals surface area (Å²) in [4.78, 5) is 10.9. The summed E-state index contributed by atoms with van der Waals surface area (Å²) < 4.78 is 37.2. The van der Waals surface area contributed by atoms with Crippen molar-refractivity contribution < 1.29 is 23.1 Å². The fourth-order valence-corrected chi connectivity index (χ4v) is 1.39. The maximum absolute atomic E-state index is 12.4. The molecule has 0 heterocycles. The number of phenolic OH excluding ortho intramolecular Hbond substituents is 1.